The maximum Gasteiger partial charge on any atom is 0.152 e. The number of nitrogens with zero attached hydrogens (tertiary/aromatic N) is 1. The predicted octanol–water partition coefficient (Wildman–Crippen LogP) is 1.03. The molecule has 0 spiro atoms. The second-order valence-electron chi connectivity index (χ2n) is 4.89. The Bertz CT molecular complexity index is 377. The van der Waals surface area contributed by atoms with E-state index in [1.54, 1.807) is 0 Å². The van der Waals surface area contributed by atoms with Gasteiger partial charge in [-0.05, 0) is 26.2 Å². The van der Waals surface area contributed by atoms with Crippen LogP contribution in [0, 0.1) is 5.41 Å². The van der Waals surface area contributed by atoms with Crippen molar-refractivity contribution in [3.63, 3.8) is 0 Å². The molecule has 1 N–H and O–H groups in total. The summed E-state index contributed by atoms with van der Waals surface area (Å²) in [7, 11) is -2.87. The number of rotatable bonds is 1. The summed E-state index contributed by atoms with van der Waals surface area (Å²) >= 11 is 0. The molecular formula is C10H18N2O2S. The van der Waals surface area contributed by atoms with E-state index in [2.05, 4.69) is 0 Å². The molecule has 0 bridgehead atoms. The molecule has 4 nitrogen and oxygen atoms in total. The fraction of sp³-hybridized carbons (Fsp3) is 0.900. The molecule has 0 aromatic rings. The molecule has 5 heteroatoms. The second-order valence-corrected chi connectivity index (χ2v) is 7.08. The lowest BCUT2D eigenvalue weighted by Gasteiger charge is -2.42. The third-order valence-electron chi connectivity index (χ3n) is 3.51. The quantitative estimate of drug-likeness (QED) is 0.731. The number of amidine groups is 1. The molecule has 0 saturated carbocycles. The number of hydrogen-bond donors (Lipinski definition) is 1. The van der Waals surface area contributed by atoms with Crippen LogP contribution < -0.4 is 0 Å². The van der Waals surface area contributed by atoms with E-state index in [0.717, 1.165) is 25.8 Å². The smallest absolute Gasteiger partial charge is 0.152 e. The highest BCUT2D eigenvalue weighted by atomic mass is 32.2. The van der Waals surface area contributed by atoms with Crippen molar-refractivity contribution in [3.05, 3.63) is 0 Å². The molecule has 15 heavy (non-hydrogen) atoms. The summed E-state index contributed by atoms with van der Waals surface area (Å²) in [6.07, 6.45) is 3.63. The van der Waals surface area contributed by atoms with Crippen LogP contribution in [0.4, 0.5) is 0 Å². The molecule has 2 rings (SSSR count). The van der Waals surface area contributed by atoms with Crippen molar-refractivity contribution in [1.82, 2.24) is 4.90 Å². The Labute approximate surface area is 91.1 Å². The van der Waals surface area contributed by atoms with E-state index in [1.807, 2.05) is 11.8 Å². The summed E-state index contributed by atoms with van der Waals surface area (Å²) in [5.41, 5.74) is -0.309. The van der Waals surface area contributed by atoms with Crippen LogP contribution in [-0.4, -0.2) is 42.7 Å². The van der Waals surface area contributed by atoms with E-state index in [0.29, 0.717) is 12.3 Å². The van der Waals surface area contributed by atoms with Crippen LogP contribution in [0.15, 0.2) is 0 Å². The maximum atomic E-state index is 11.5. The van der Waals surface area contributed by atoms with Crippen molar-refractivity contribution in [2.24, 2.45) is 0 Å². The van der Waals surface area contributed by atoms with Gasteiger partial charge in [-0.1, -0.05) is 0 Å². The predicted molar refractivity (Wildman–Crippen MR) is 60.0 cm³/mol. The number of piperidine rings is 1. The van der Waals surface area contributed by atoms with Gasteiger partial charge in [-0.25, -0.2) is 8.42 Å². The first-order valence-electron chi connectivity index (χ1n) is 5.48. The third-order valence-corrected chi connectivity index (χ3v) is 5.39. The number of likely N-dealkylation sites (tertiary alicyclic amines) is 1. The zero-order valence-corrected chi connectivity index (χ0v) is 9.94. The third kappa shape index (κ3) is 2.02. The molecule has 0 amide bonds. The van der Waals surface area contributed by atoms with Crippen LogP contribution in [0.25, 0.3) is 0 Å². The molecule has 0 aliphatic carbocycles. The van der Waals surface area contributed by atoms with Gasteiger partial charge in [-0.3, -0.25) is 5.41 Å². The number of hydrogen-bond acceptors (Lipinski definition) is 3. The van der Waals surface area contributed by atoms with E-state index in [9.17, 15) is 8.42 Å². The number of sulfone groups is 1. The lowest BCUT2D eigenvalue weighted by molar-refractivity contribution is 0.199. The van der Waals surface area contributed by atoms with Crippen LogP contribution in [0.5, 0.6) is 0 Å². The molecule has 2 fully saturated rings. The van der Waals surface area contributed by atoms with E-state index < -0.39 is 9.84 Å². The molecular weight excluding hydrogens is 212 g/mol. The van der Waals surface area contributed by atoms with Crippen LogP contribution >= 0.6 is 0 Å². The molecule has 2 saturated heterocycles. The molecule has 86 valence electrons. The molecule has 0 radical (unpaired) electrons. The first-order chi connectivity index (χ1) is 6.93. The van der Waals surface area contributed by atoms with Gasteiger partial charge in [-0.15, -0.1) is 0 Å². The average molecular weight is 230 g/mol. The van der Waals surface area contributed by atoms with Crippen LogP contribution in [0.3, 0.4) is 0 Å². The zero-order chi connectivity index (χ0) is 11.1. The molecule has 2 heterocycles. The lowest BCUT2D eigenvalue weighted by Crippen LogP contribution is -2.52. The Morgan fingerprint density at radius 3 is 2.67 bits per heavy atom. The first-order valence-corrected chi connectivity index (χ1v) is 7.31. The Balaban J connectivity index is 2.19. The van der Waals surface area contributed by atoms with Gasteiger partial charge >= 0.3 is 0 Å². The van der Waals surface area contributed by atoms with Crippen LogP contribution in [0.1, 0.15) is 32.6 Å². The molecule has 2 aliphatic heterocycles. The van der Waals surface area contributed by atoms with Crippen LogP contribution in [0.2, 0.25) is 0 Å². The standard InChI is InChI=1S/C10H18N2O2S/c1-10(5-7-15(13,14)8-10)12-6-3-2-4-9(12)11/h11H,2-8H2,1H3. The highest BCUT2D eigenvalue weighted by molar-refractivity contribution is 7.91. The summed E-state index contributed by atoms with van der Waals surface area (Å²) < 4.78 is 23.0. The Hall–Kier alpha value is -0.580. The minimum Gasteiger partial charge on any atom is -0.354 e. The Morgan fingerprint density at radius 1 is 1.40 bits per heavy atom. The monoisotopic (exact) mass is 230 g/mol. The molecule has 2 aliphatic rings. The zero-order valence-electron chi connectivity index (χ0n) is 9.12. The van der Waals surface area contributed by atoms with Crippen molar-refractivity contribution in [3.8, 4) is 0 Å². The highest BCUT2D eigenvalue weighted by Gasteiger charge is 2.44. The topological polar surface area (TPSA) is 61.2 Å². The highest BCUT2D eigenvalue weighted by Crippen LogP contribution is 2.32. The minimum absolute atomic E-state index is 0.225. The van der Waals surface area contributed by atoms with Gasteiger partial charge in [0.15, 0.2) is 9.84 Å². The maximum absolute atomic E-state index is 11.5. The summed E-state index contributed by atoms with van der Waals surface area (Å²) in [6.45, 7) is 2.84. The van der Waals surface area contributed by atoms with Gasteiger partial charge in [-0.2, -0.15) is 0 Å². The normalized spacial score (nSPS) is 35.8. The fourth-order valence-corrected chi connectivity index (χ4v) is 4.78. The fourth-order valence-electron chi connectivity index (χ4n) is 2.63. The second kappa shape index (κ2) is 3.47. The molecule has 0 aromatic carbocycles. The van der Waals surface area contributed by atoms with Crippen molar-refractivity contribution in [2.75, 3.05) is 18.1 Å². The van der Waals surface area contributed by atoms with Gasteiger partial charge in [0.1, 0.15) is 0 Å². The Morgan fingerprint density at radius 2 is 2.13 bits per heavy atom. The first kappa shape index (κ1) is 10.9. The molecule has 0 aromatic heterocycles. The van der Waals surface area contributed by atoms with Crippen molar-refractivity contribution >= 4 is 15.7 Å². The van der Waals surface area contributed by atoms with Crippen LogP contribution in [-0.2, 0) is 9.84 Å². The molecule has 1 unspecified atom stereocenters. The van der Waals surface area contributed by atoms with Gasteiger partial charge in [0.25, 0.3) is 0 Å². The van der Waals surface area contributed by atoms with Gasteiger partial charge in [0.05, 0.1) is 22.9 Å². The van der Waals surface area contributed by atoms with Gasteiger partial charge < -0.3 is 4.90 Å². The largest absolute Gasteiger partial charge is 0.354 e. The van der Waals surface area contributed by atoms with Crippen molar-refractivity contribution in [1.29, 1.82) is 5.41 Å². The van der Waals surface area contributed by atoms with Crippen molar-refractivity contribution < 1.29 is 8.42 Å². The minimum atomic E-state index is -2.87. The summed E-state index contributed by atoms with van der Waals surface area (Å²) in [5.74, 6) is 1.14. The SMILES string of the molecule is CC1(N2CCCCC2=N)CCS(=O)(=O)C1. The van der Waals surface area contributed by atoms with E-state index >= 15 is 0 Å². The van der Waals surface area contributed by atoms with E-state index in [-0.39, 0.29) is 17.0 Å². The van der Waals surface area contributed by atoms with E-state index in [1.165, 1.54) is 0 Å². The summed E-state index contributed by atoms with van der Waals surface area (Å²) in [5, 5.41) is 7.90. The summed E-state index contributed by atoms with van der Waals surface area (Å²) in [4.78, 5) is 2.01. The van der Waals surface area contributed by atoms with Gasteiger partial charge in [0.2, 0.25) is 0 Å². The average Bonchev–Trinajstić information content (AvgIpc) is 2.42. The summed E-state index contributed by atoms with van der Waals surface area (Å²) in [6, 6.07) is 0. The number of nitrogens with one attached hydrogen (secondary N) is 1. The Kier molecular flexibility index (Phi) is 2.53. The lowest BCUT2D eigenvalue weighted by atomic mass is 9.95. The van der Waals surface area contributed by atoms with Crippen molar-refractivity contribution in [2.45, 2.75) is 38.1 Å². The molecule has 1 atom stereocenters. The van der Waals surface area contributed by atoms with Gasteiger partial charge in [0, 0.05) is 13.0 Å². The van der Waals surface area contributed by atoms with E-state index in [4.69, 9.17) is 5.41 Å².